The fraction of sp³-hybridized carbons (Fsp3) is 0. The van der Waals surface area contributed by atoms with Crippen LogP contribution in [0.3, 0.4) is 0 Å². The van der Waals surface area contributed by atoms with Crippen LogP contribution in [-0.4, -0.2) is 14.3 Å². The molecule has 0 aliphatic rings. The minimum atomic E-state index is -0.696. The number of aliphatic imine (C=N–C) groups is 1. The minimum Gasteiger partial charge on any atom is -0.0602 e. The van der Waals surface area contributed by atoms with E-state index in [9.17, 15) is 2.74 Å². The average molecular weight is 762 g/mol. The van der Waals surface area contributed by atoms with Crippen molar-refractivity contribution in [2.75, 3.05) is 0 Å². The molecule has 0 fully saturated rings. The van der Waals surface area contributed by atoms with Crippen molar-refractivity contribution in [1.29, 1.82) is 0 Å². The quantitative estimate of drug-likeness (QED) is 0.119. The van der Waals surface area contributed by atoms with Crippen LogP contribution in [0.5, 0.6) is 0 Å². The molecule has 2 aromatic heterocycles. The number of rotatable bonds is 6. The van der Waals surface area contributed by atoms with Crippen molar-refractivity contribution in [3.63, 3.8) is 0 Å². The summed E-state index contributed by atoms with van der Waals surface area (Å²) >= 11 is 2.79. The van der Waals surface area contributed by atoms with Crippen LogP contribution in [0.2, 0.25) is 0 Å². The molecule has 0 aliphatic carbocycles. The van der Waals surface area contributed by atoms with Crippen LogP contribution < -0.4 is 0 Å². The van der Waals surface area contributed by atoms with Gasteiger partial charge < -0.3 is 0 Å². The van der Waals surface area contributed by atoms with Crippen molar-refractivity contribution in [3.05, 3.63) is 174 Å². The summed E-state index contributed by atoms with van der Waals surface area (Å²) in [6, 6.07) is 16.3. The molecule has 0 radical (unpaired) electrons. The number of para-hydroxylation sites is 2. The normalized spacial score (nSPS) is 16.0. The van der Waals surface area contributed by atoms with Crippen LogP contribution in [0, 0.1) is 6.08 Å². The molecular weight excluding hydrogens is 724 g/mol. The summed E-state index contributed by atoms with van der Waals surface area (Å²) < 4.78 is 109. The van der Waals surface area contributed by atoms with Gasteiger partial charge in [-0.3, -0.25) is 0 Å². The fourth-order valence-electron chi connectivity index (χ4n) is 5.22. The number of allylic oxidation sites excluding steroid dienone is 1. The Morgan fingerprint density at radius 3 is 2.36 bits per heavy atom. The molecule has 0 aliphatic heterocycles. The molecule has 0 atom stereocenters. The Morgan fingerprint density at radius 1 is 0.727 bits per heavy atom. The van der Waals surface area contributed by atoms with Gasteiger partial charge in [0.25, 0.3) is 0 Å². The summed E-state index contributed by atoms with van der Waals surface area (Å²) in [5.41, 5.74) is 0.951. The predicted octanol–water partition coefficient (Wildman–Crippen LogP) is 10.1. The minimum absolute atomic E-state index is 0.155. The van der Waals surface area contributed by atoms with E-state index in [0.29, 0.717) is 5.71 Å². The molecule has 2 heterocycles. The first-order chi connectivity index (χ1) is 26.7. The average Bonchev–Trinajstić information content (AvgIpc) is 3.76. The second kappa shape index (κ2) is 11.4. The van der Waals surface area contributed by atoms with Gasteiger partial charge >= 0.3 is 262 Å². The standard InChI is InChI=1S/C40H25N2S.W/c1-3-12-29(13-4-1)35(41-27-30-14-11-21-39-40(30)33-18-8-10-20-38(33)43-39)24-22-28-23-25-37-34(26-28)32-17-7-9-19-36(32)42(37)31-15-5-2-6-16-31;/h1-21,23-26H;/q-1;/i2D,5D,6D,7D,9D,15D,16D,17D,19D,23D,25D,26D;. The van der Waals surface area contributed by atoms with Gasteiger partial charge in [0.15, 0.2) is 0 Å². The van der Waals surface area contributed by atoms with Crippen molar-refractivity contribution in [1.82, 2.24) is 4.57 Å². The third kappa shape index (κ3) is 4.79. The van der Waals surface area contributed by atoms with Crippen molar-refractivity contribution >= 4 is 63.0 Å². The Labute approximate surface area is 287 Å². The third-order valence-corrected chi connectivity index (χ3v) is 9.40. The molecular formula is C40H25N2SW-. The third-order valence-electron chi connectivity index (χ3n) is 7.15. The summed E-state index contributed by atoms with van der Waals surface area (Å²) in [6.07, 6.45) is 4.57. The molecule has 6 aromatic carbocycles. The first-order valence-electron chi connectivity index (χ1n) is 19.5. The Bertz CT molecular complexity index is 3050. The Hall–Kier alpha value is -4.69. The van der Waals surface area contributed by atoms with Gasteiger partial charge in [-0.25, -0.2) is 0 Å². The van der Waals surface area contributed by atoms with Crippen LogP contribution in [-0.2, 0) is 19.4 Å². The van der Waals surface area contributed by atoms with Crippen molar-refractivity contribution < 1.29 is 35.8 Å². The van der Waals surface area contributed by atoms with E-state index in [-0.39, 0.29) is 27.4 Å². The van der Waals surface area contributed by atoms with Crippen molar-refractivity contribution in [2.24, 2.45) is 4.99 Å². The second-order valence-corrected chi connectivity index (χ2v) is 12.2. The van der Waals surface area contributed by atoms with Crippen LogP contribution in [0.15, 0.2) is 156 Å². The van der Waals surface area contributed by atoms with Crippen molar-refractivity contribution in [2.45, 2.75) is 0 Å². The number of aromatic nitrogens is 1. The molecule has 8 rings (SSSR count). The van der Waals surface area contributed by atoms with E-state index < -0.39 is 78.2 Å². The van der Waals surface area contributed by atoms with Gasteiger partial charge in [0.05, 0.1) is 8.22 Å². The Morgan fingerprint density at radius 2 is 1.48 bits per heavy atom. The summed E-state index contributed by atoms with van der Waals surface area (Å²) in [5, 5.41) is 1.86. The van der Waals surface area contributed by atoms with Crippen LogP contribution in [0.1, 0.15) is 33.1 Å². The summed E-state index contributed by atoms with van der Waals surface area (Å²) in [4.78, 5) is 5.09. The second-order valence-electron chi connectivity index (χ2n) is 9.74. The van der Waals surface area contributed by atoms with Gasteiger partial charge in [-0.2, -0.15) is 0 Å². The van der Waals surface area contributed by atoms with E-state index >= 15 is 0 Å². The van der Waals surface area contributed by atoms with Crippen LogP contribution in [0.25, 0.3) is 47.7 Å². The summed E-state index contributed by atoms with van der Waals surface area (Å²) in [5.74, 6) is 0. The Balaban J connectivity index is 1.39. The van der Waals surface area contributed by atoms with Gasteiger partial charge in [0.1, 0.15) is 0 Å². The molecule has 44 heavy (non-hydrogen) atoms. The first kappa shape index (κ1) is 17.0. The van der Waals surface area contributed by atoms with E-state index in [0.717, 1.165) is 59.2 Å². The molecule has 0 N–H and O–H groups in total. The predicted molar refractivity (Wildman–Crippen MR) is 184 cm³/mol. The zero-order valence-electron chi connectivity index (χ0n) is 34.7. The van der Waals surface area contributed by atoms with Gasteiger partial charge in [0.2, 0.25) is 0 Å². The van der Waals surface area contributed by atoms with Gasteiger partial charge in [0, 0.05) is 0 Å². The number of thiophene rings is 1. The molecule has 208 valence electrons. The van der Waals surface area contributed by atoms with Gasteiger partial charge in [-0.15, -0.1) is 0 Å². The maximum absolute atomic E-state index is 9.44. The van der Waals surface area contributed by atoms with Crippen molar-refractivity contribution in [3.8, 4) is 5.69 Å². The van der Waals surface area contributed by atoms with Gasteiger partial charge in [-0.05, 0) is 0 Å². The molecule has 0 amide bonds. The number of benzene rings is 6. The summed E-state index contributed by atoms with van der Waals surface area (Å²) in [7, 11) is 0. The number of fused-ring (bicyclic) bond motifs is 6. The maximum atomic E-state index is 9.44. The van der Waals surface area contributed by atoms with E-state index in [2.05, 4.69) is 24.3 Å². The number of hydrogen-bond acceptors (Lipinski definition) is 2. The molecule has 0 bridgehead atoms. The molecule has 2 nitrogen and oxygen atoms in total. The molecule has 8 aromatic rings. The first-order valence-corrected chi connectivity index (χ1v) is 15.8. The molecule has 0 saturated carbocycles. The smallest absolute Gasteiger partial charge is 0.0602 e. The summed E-state index contributed by atoms with van der Waals surface area (Å²) in [6.45, 7) is 0. The van der Waals surface area contributed by atoms with Crippen LogP contribution >= 0.6 is 11.3 Å². The molecule has 4 heteroatoms. The monoisotopic (exact) mass is 761 g/mol. The number of hydrogen-bond donors (Lipinski definition) is 0. The van der Waals surface area contributed by atoms with E-state index in [1.807, 2.05) is 54.6 Å². The van der Waals surface area contributed by atoms with Gasteiger partial charge in [-0.1, -0.05) is 18.1 Å². The van der Waals surface area contributed by atoms with E-state index in [4.69, 9.17) is 18.7 Å². The molecule has 0 spiro atoms. The van der Waals surface area contributed by atoms with E-state index in [1.165, 1.54) is 6.08 Å². The fourth-order valence-corrected chi connectivity index (χ4v) is 7.31. The SMILES string of the molecule is [2H]c1c([2H])c([2H])c(-n2c3c([2H])c([2H])c([2H])c([2H])c3c3c([2H])c([C-]=CC(=N[C](=[W])c4cccc5sc6ccccc6c45)c4ccccc4)c([2H])c([2H])c32)c([2H])c1[2H]. The topological polar surface area (TPSA) is 17.3 Å². The molecule has 0 unspecified atom stereocenters. The Kier molecular flexibility index (Phi) is 4.41. The number of nitrogens with zero attached hydrogens (tertiary/aromatic N) is 2. The molecule has 0 saturated heterocycles. The van der Waals surface area contributed by atoms with E-state index in [1.54, 1.807) is 11.3 Å². The van der Waals surface area contributed by atoms with Crippen LogP contribution in [0.4, 0.5) is 0 Å². The zero-order valence-corrected chi connectivity index (χ0v) is 26.5. The zero-order chi connectivity index (χ0) is 39.9.